The zero-order valence-electron chi connectivity index (χ0n) is 12.1. The Morgan fingerprint density at radius 3 is 2.58 bits per heavy atom. The lowest BCUT2D eigenvalue weighted by Gasteiger charge is -2.30. The van der Waals surface area contributed by atoms with Crippen LogP contribution >= 0.6 is 0 Å². The molecular formula is C15H25N3O. The zero-order chi connectivity index (χ0) is 14.3. The molecule has 0 bridgehead atoms. The Morgan fingerprint density at radius 1 is 1.37 bits per heavy atom. The molecule has 0 saturated carbocycles. The second-order valence-corrected chi connectivity index (χ2v) is 4.75. The molecule has 4 nitrogen and oxygen atoms in total. The number of hydrogen-bond donors (Lipinski definition) is 2. The molecule has 0 unspecified atom stereocenters. The number of carbonyl (C=O) groups excluding carboxylic acids is 1. The quantitative estimate of drug-likeness (QED) is 0.829. The third-order valence-electron chi connectivity index (χ3n) is 3.28. The number of hydrogen-bond acceptors (Lipinski definition) is 2. The van der Waals surface area contributed by atoms with Crippen LogP contribution in [0, 0.1) is 6.92 Å². The van der Waals surface area contributed by atoms with Gasteiger partial charge >= 0.3 is 6.03 Å². The van der Waals surface area contributed by atoms with E-state index >= 15 is 0 Å². The number of urea groups is 1. The number of amides is 2. The molecule has 1 aromatic carbocycles. The fourth-order valence-electron chi connectivity index (χ4n) is 2.24. The van der Waals surface area contributed by atoms with Gasteiger partial charge in [-0.15, -0.1) is 0 Å². The van der Waals surface area contributed by atoms with Crippen molar-refractivity contribution in [2.45, 2.75) is 39.7 Å². The molecular weight excluding hydrogens is 238 g/mol. The van der Waals surface area contributed by atoms with Gasteiger partial charge in [-0.3, -0.25) is 0 Å². The van der Waals surface area contributed by atoms with Crippen LogP contribution in [-0.4, -0.2) is 30.1 Å². The van der Waals surface area contributed by atoms with E-state index in [2.05, 4.69) is 19.2 Å². The maximum absolute atomic E-state index is 12.3. The van der Waals surface area contributed by atoms with Crippen molar-refractivity contribution in [3.05, 3.63) is 29.8 Å². The standard InChI is InChI=1S/C15H25N3O/c1-4-14(5-2)18(10-9-16)15(19)17-13-8-6-7-12(3)11-13/h6-8,11,14H,4-5,9-10,16H2,1-3H3,(H,17,19). The van der Waals surface area contributed by atoms with Crippen molar-refractivity contribution in [3.63, 3.8) is 0 Å². The molecule has 0 saturated heterocycles. The van der Waals surface area contributed by atoms with Crippen molar-refractivity contribution in [1.29, 1.82) is 0 Å². The Labute approximate surface area is 116 Å². The molecule has 106 valence electrons. The maximum atomic E-state index is 12.3. The van der Waals surface area contributed by atoms with Gasteiger partial charge in [-0.05, 0) is 37.5 Å². The van der Waals surface area contributed by atoms with Crippen molar-refractivity contribution in [3.8, 4) is 0 Å². The minimum atomic E-state index is -0.0650. The molecule has 2 amide bonds. The van der Waals surface area contributed by atoms with Crippen LogP contribution in [0.5, 0.6) is 0 Å². The molecule has 0 radical (unpaired) electrons. The number of nitrogens with zero attached hydrogens (tertiary/aromatic N) is 1. The van der Waals surface area contributed by atoms with Crippen molar-refractivity contribution in [2.75, 3.05) is 18.4 Å². The fraction of sp³-hybridized carbons (Fsp3) is 0.533. The number of rotatable bonds is 6. The van der Waals surface area contributed by atoms with E-state index in [0.29, 0.717) is 13.1 Å². The summed E-state index contributed by atoms with van der Waals surface area (Å²) in [5.41, 5.74) is 7.57. The number of benzene rings is 1. The molecule has 0 aliphatic carbocycles. The van der Waals surface area contributed by atoms with Crippen LogP contribution in [-0.2, 0) is 0 Å². The lowest BCUT2D eigenvalue weighted by Crippen LogP contribution is -2.45. The Bertz CT molecular complexity index is 402. The molecule has 19 heavy (non-hydrogen) atoms. The predicted octanol–water partition coefficient (Wildman–Crippen LogP) is 2.98. The predicted molar refractivity (Wildman–Crippen MR) is 80.3 cm³/mol. The molecule has 0 aromatic heterocycles. The second-order valence-electron chi connectivity index (χ2n) is 4.75. The van der Waals surface area contributed by atoms with Gasteiger partial charge in [0.15, 0.2) is 0 Å². The first-order chi connectivity index (χ1) is 9.12. The number of aryl methyl sites for hydroxylation is 1. The molecule has 3 N–H and O–H groups in total. The molecule has 0 aliphatic rings. The average molecular weight is 263 g/mol. The van der Waals surface area contributed by atoms with Crippen molar-refractivity contribution < 1.29 is 4.79 Å². The van der Waals surface area contributed by atoms with E-state index in [1.807, 2.05) is 36.1 Å². The summed E-state index contributed by atoms with van der Waals surface area (Å²) in [6, 6.07) is 7.99. The van der Waals surface area contributed by atoms with Gasteiger partial charge in [0.05, 0.1) is 0 Å². The molecule has 0 spiro atoms. The highest BCUT2D eigenvalue weighted by molar-refractivity contribution is 5.89. The minimum absolute atomic E-state index is 0.0650. The van der Waals surface area contributed by atoms with Crippen molar-refractivity contribution in [2.24, 2.45) is 5.73 Å². The van der Waals surface area contributed by atoms with Gasteiger partial charge in [-0.2, -0.15) is 0 Å². The number of anilines is 1. The number of nitrogens with one attached hydrogen (secondary N) is 1. The third kappa shape index (κ3) is 4.56. The van der Waals surface area contributed by atoms with E-state index in [-0.39, 0.29) is 12.1 Å². The molecule has 1 rings (SSSR count). The Morgan fingerprint density at radius 2 is 2.05 bits per heavy atom. The van der Waals surface area contributed by atoms with Gasteiger partial charge < -0.3 is 16.0 Å². The highest BCUT2D eigenvalue weighted by Gasteiger charge is 2.20. The van der Waals surface area contributed by atoms with Crippen molar-refractivity contribution >= 4 is 11.7 Å². The van der Waals surface area contributed by atoms with E-state index in [9.17, 15) is 4.79 Å². The maximum Gasteiger partial charge on any atom is 0.322 e. The first-order valence-electron chi connectivity index (χ1n) is 6.96. The number of carbonyl (C=O) groups is 1. The van der Waals surface area contributed by atoms with Gasteiger partial charge in [0.25, 0.3) is 0 Å². The van der Waals surface area contributed by atoms with Gasteiger partial charge in [0.1, 0.15) is 0 Å². The van der Waals surface area contributed by atoms with Gasteiger partial charge in [0.2, 0.25) is 0 Å². The number of nitrogens with two attached hydrogens (primary N) is 1. The minimum Gasteiger partial charge on any atom is -0.329 e. The lowest BCUT2D eigenvalue weighted by molar-refractivity contribution is 0.185. The Balaban J connectivity index is 2.76. The topological polar surface area (TPSA) is 58.4 Å². The van der Waals surface area contributed by atoms with Crippen LogP contribution in [0.4, 0.5) is 10.5 Å². The Kier molecular flexibility index (Phi) is 6.36. The largest absolute Gasteiger partial charge is 0.329 e. The van der Waals surface area contributed by atoms with Crippen LogP contribution in [0.3, 0.4) is 0 Å². The Hall–Kier alpha value is -1.55. The van der Waals surface area contributed by atoms with E-state index in [0.717, 1.165) is 24.1 Å². The lowest BCUT2D eigenvalue weighted by atomic mass is 10.1. The summed E-state index contributed by atoms with van der Waals surface area (Å²) >= 11 is 0. The first kappa shape index (κ1) is 15.5. The monoisotopic (exact) mass is 263 g/mol. The highest BCUT2D eigenvalue weighted by atomic mass is 16.2. The summed E-state index contributed by atoms with van der Waals surface area (Å²) in [4.78, 5) is 14.2. The van der Waals surface area contributed by atoms with Gasteiger partial charge in [-0.1, -0.05) is 26.0 Å². The summed E-state index contributed by atoms with van der Waals surface area (Å²) in [6.45, 7) is 7.27. The highest BCUT2D eigenvalue weighted by Crippen LogP contribution is 2.13. The zero-order valence-corrected chi connectivity index (χ0v) is 12.1. The second kappa shape index (κ2) is 7.79. The van der Waals surface area contributed by atoms with Crippen LogP contribution in [0.2, 0.25) is 0 Å². The summed E-state index contributed by atoms with van der Waals surface area (Å²) in [5, 5.41) is 2.95. The van der Waals surface area contributed by atoms with E-state index in [1.54, 1.807) is 0 Å². The van der Waals surface area contributed by atoms with Crippen molar-refractivity contribution in [1.82, 2.24) is 4.90 Å². The van der Waals surface area contributed by atoms with Crippen LogP contribution in [0.15, 0.2) is 24.3 Å². The summed E-state index contributed by atoms with van der Waals surface area (Å²) in [7, 11) is 0. The van der Waals surface area contributed by atoms with E-state index in [4.69, 9.17) is 5.73 Å². The summed E-state index contributed by atoms with van der Waals surface area (Å²) in [6.07, 6.45) is 1.88. The fourth-order valence-corrected chi connectivity index (χ4v) is 2.24. The smallest absolute Gasteiger partial charge is 0.322 e. The van der Waals surface area contributed by atoms with Crippen LogP contribution < -0.4 is 11.1 Å². The first-order valence-corrected chi connectivity index (χ1v) is 6.96. The summed E-state index contributed by atoms with van der Waals surface area (Å²) in [5.74, 6) is 0. The SMILES string of the molecule is CCC(CC)N(CCN)C(=O)Nc1cccc(C)c1. The molecule has 4 heteroatoms. The van der Waals surface area contributed by atoms with Gasteiger partial charge in [-0.25, -0.2) is 4.79 Å². The summed E-state index contributed by atoms with van der Waals surface area (Å²) < 4.78 is 0. The molecule has 0 aliphatic heterocycles. The van der Waals surface area contributed by atoms with E-state index in [1.165, 1.54) is 0 Å². The van der Waals surface area contributed by atoms with Crippen LogP contribution in [0.25, 0.3) is 0 Å². The van der Waals surface area contributed by atoms with Gasteiger partial charge in [0, 0.05) is 24.8 Å². The molecule has 1 aromatic rings. The normalized spacial score (nSPS) is 10.6. The average Bonchev–Trinajstić information content (AvgIpc) is 2.39. The molecule has 0 heterocycles. The van der Waals surface area contributed by atoms with Crippen LogP contribution in [0.1, 0.15) is 32.3 Å². The molecule has 0 fully saturated rings. The third-order valence-corrected chi connectivity index (χ3v) is 3.28. The van der Waals surface area contributed by atoms with E-state index < -0.39 is 0 Å². The molecule has 0 atom stereocenters.